The van der Waals surface area contributed by atoms with Gasteiger partial charge >= 0.3 is 0 Å². The number of pyridine rings is 1. The minimum atomic E-state index is -0.200. The van der Waals surface area contributed by atoms with Gasteiger partial charge in [-0.25, -0.2) is 0 Å². The highest BCUT2D eigenvalue weighted by atomic mass is 32.2. The van der Waals surface area contributed by atoms with E-state index in [1.54, 1.807) is 4.57 Å². The van der Waals surface area contributed by atoms with Crippen molar-refractivity contribution in [3.8, 4) is 0 Å². The van der Waals surface area contributed by atoms with E-state index in [9.17, 15) is 9.59 Å². The third-order valence-electron chi connectivity index (χ3n) is 6.12. The zero-order valence-corrected chi connectivity index (χ0v) is 18.4. The summed E-state index contributed by atoms with van der Waals surface area (Å²) < 4.78 is 1.69. The molecule has 6 heteroatoms. The standard InChI is InChI=1S/C22H35N3O2S/c1-16(2)4-10-25-11-5-17(3)20(22(25)27)21(26)23-18-6-12-24(13-7-18)19-8-14-28-15-9-19/h5,11,16,18-19H,4,6-10,12-15H2,1-3H3,(H,23,26). The third-order valence-corrected chi connectivity index (χ3v) is 7.17. The maximum Gasteiger partial charge on any atom is 0.263 e. The highest BCUT2D eigenvalue weighted by molar-refractivity contribution is 7.99. The van der Waals surface area contributed by atoms with Gasteiger partial charge in [-0.1, -0.05) is 13.8 Å². The normalized spacial score (nSPS) is 19.9. The van der Waals surface area contributed by atoms with Crippen molar-refractivity contribution in [2.24, 2.45) is 5.92 Å². The van der Waals surface area contributed by atoms with Gasteiger partial charge in [0.15, 0.2) is 0 Å². The molecule has 0 bridgehead atoms. The van der Waals surface area contributed by atoms with Crippen LogP contribution in [-0.4, -0.2) is 52.1 Å². The molecule has 5 nitrogen and oxygen atoms in total. The Morgan fingerprint density at radius 2 is 1.89 bits per heavy atom. The molecular formula is C22H35N3O2S. The van der Waals surface area contributed by atoms with Crippen LogP contribution in [0.2, 0.25) is 0 Å². The summed E-state index contributed by atoms with van der Waals surface area (Å²) in [6.45, 7) is 8.90. The lowest BCUT2D eigenvalue weighted by molar-refractivity contribution is 0.0883. The van der Waals surface area contributed by atoms with Gasteiger partial charge in [0.2, 0.25) is 0 Å². The summed E-state index contributed by atoms with van der Waals surface area (Å²) in [5.41, 5.74) is 0.925. The van der Waals surface area contributed by atoms with E-state index < -0.39 is 0 Å². The summed E-state index contributed by atoms with van der Waals surface area (Å²) >= 11 is 2.06. The van der Waals surface area contributed by atoms with Gasteiger partial charge in [-0.15, -0.1) is 0 Å². The first-order valence-corrected chi connectivity index (χ1v) is 11.9. The van der Waals surface area contributed by atoms with Gasteiger partial charge in [-0.05, 0) is 68.1 Å². The van der Waals surface area contributed by atoms with Gasteiger partial charge in [-0.2, -0.15) is 11.8 Å². The van der Waals surface area contributed by atoms with Gasteiger partial charge < -0.3 is 14.8 Å². The Morgan fingerprint density at radius 1 is 1.21 bits per heavy atom. The predicted octanol–water partition coefficient (Wildman–Crippen LogP) is 3.29. The van der Waals surface area contributed by atoms with Crippen molar-refractivity contribution in [3.63, 3.8) is 0 Å². The fourth-order valence-electron chi connectivity index (χ4n) is 4.23. The van der Waals surface area contributed by atoms with E-state index in [0.29, 0.717) is 18.0 Å². The van der Waals surface area contributed by atoms with E-state index in [4.69, 9.17) is 0 Å². The molecule has 0 aromatic carbocycles. The number of nitrogens with one attached hydrogen (secondary N) is 1. The van der Waals surface area contributed by atoms with Crippen LogP contribution in [0.25, 0.3) is 0 Å². The molecule has 2 aliphatic rings. The number of carbonyl (C=O) groups excluding carboxylic acids is 1. The number of hydrogen-bond acceptors (Lipinski definition) is 4. The molecule has 3 heterocycles. The summed E-state index contributed by atoms with van der Waals surface area (Å²) in [6.07, 6.45) is 7.28. The lowest BCUT2D eigenvalue weighted by atomic mass is 10.00. The first-order chi connectivity index (χ1) is 13.5. The zero-order valence-electron chi connectivity index (χ0n) is 17.6. The molecule has 1 N–H and O–H groups in total. The van der Waals surface area contributed by atoms with Crippen molar-refractivity contribution in [1.82, 2.24) is 14.8 Å². The number of carbonyl (C=O) groups is 1. The largest absolute Gasteiger partial charge is 0.349 e. The molecule has 3 rings (SSSR count). The number of piperidine rings is 1. The molecule has 0 atom stereocenters. The minimum Gasteiger partial charge on any atom is -0.349 e. The average molecular weight is 406 g/mol. The van der Waals surface area contributed by atoms with Crippen LogP contribution in [0.15, 0.2) is 17.1 Å². The maximum absolute atomic E-state index is 12.9. The molecule has 1 aromatic rings. The molecule has 156 valence electrons. The SMILES string of the molecule is Cc1ccn(CCC(C)C)c(=O)c1C(=O)NC1CCN(C2CCSCC2)CC1. The number of likely N-dealkylation sites (tertiary alicyclic amines) is 1. The van der Waals surface area contributed by atoms with Gasteiger partial charge in [0.25, 0.3) is 11.5 Å². The van der Waals surface area contributed by atoms with Crippen LogP contribution in [0.1, 0.15) is 61.9 Å². The monoisotopic (exact) mass is 405 g/mol. The first kappa shape index (κ1) is 21.4. The molecule has 2 fully saturated rings. The number of amides is 1. The van der Waals surface area contributed by atoms with Crippen LogP contribution in [0.3, 0.4) is 0 Å². The second-order valence-electron chi connectivity index (χ2n) is 8.68. The van der Waals surface area contributed by atoms with Crippen molar-refractivity contribution >= 4 is 17.7 Å². The molecule has 2 aliphatic heterocycles. The van der Waals surface area contributed by atoms with Crippen LogP contribution in [0, 0.1) is 12.8 Å². The molecule has 1 amide bonds. The number of aromatic nitrogens is 1. The number of thioether (sulfide) groups is 1. The summed E-state index contributed by atoms with van der Waals surface area (Å²) in [7, 11) is 0. The third kappa shape index (κ3) is 5.41. The summed E-state index contributed by atoms with van der Waals surface area (Å²) in [4.78, 5) is 28.3. The number of rotatable bonds is 6. The van der Waals surface area contributed by atoms with E-state index >= 15 is 0 Å². The molecule has 28 heavy (non-hydrogen) atoms. The molecule has 0 unspecified atom stereocenters. The van der Waals surface area contributed by atoms with Gasteiger partial charge in [0.1, 0.15) is 5.56 Å². The number of nitrogens with zero attached hydrogens (tertiary/aromatic N) is 2. The molecule has 0 radical (unpaired) electrons. The minimum absolute atomic E-state index is 0.157. The summed E-state index contributed by atoms with van der Waals surface area (Å²) in [6, 6.07) is 2.78. The van der Waals surface area contributed by atoms with E-state index in [-0.39, 0.29) is 17.5 Å². The smallest absolute Gasteiger partial charge is 0.263 e. The molecule has 2 saturated heterocycles. The van der Waals surface area contributed by atoms with Gasteiger partial charge in [0.05, 0.1) is 0 Å². The van der Waals surface area contributed by atoms with Gasteiger partial charge in [-0.3, -0.25) is 9.59 Å². The predicted molar refractivity (Wildman–Crippen MR) is 117 cm³/mol. The Kier molecular flexibility index (Phi) is 7.63. The molecule has 0 saturated carbocycles. The van der Waals surface area contributed by atoms with E-state index in [1.807, 2.05) is 19.2 Å². The second-order valence-corrected chi connectivity index (χ2v) is 9.91. The van der Waals surface area contributed by atoms with Crippen LogP contribution in [-0.2, 0) is 6.54 Å². The van der Waals surface area contributed by atoms with E-state index in [0.717, 1.165) is 44.0 Å². The van der Waals surface area contributed by atoms with Crippen LogP contribution >= 0.6 is 11.8 Å². The lowest BCUT2D eigenvalue weighted by Gasteiger charge is -2.39. The van der Waals surface area contributed by atoms with Crippen molar-refractivity contribution in [2.45, 2.75) is 71.5 Å². The Hall–Kier alpha value is -1.27. The number of aryl methyl sites for hydroxylation is 2. The van der Waals surface area contributed by atoms with Crippen molar-refractivity contribution < 1.29 is 4.79 Å². The molecule has 0 aliphatic carbocycles. The molecule has 1 aromatic heterocycles. The van der Waals surface area contributed by atoms with Crippen molar-refractivity contribution in [1.29, 1.82) is 0 Å². The Labute approximate surface area is 173 Å². The highest BCUT2D eigenvalue weighted by Crippen LogP contribution is 2.24. The maximum atomic E-state index is 12.9. The quantitative estimate of drug-likeness (QED) is 0.789. The van der Waals surface area contributed by atoms with Crippen LogP contribution in [0.5, 0.6) is 0 Å². The molecule has 0 spiro atoms. The Morgan fingerprint density at radius 3 is 2.54 bits per heavy atom. The van der Waals surface area contributed by atoms with Crippen LogP contribution in [0.4, 0.5) is 0 Å². The summed E-state index contributed by atoms with van der Waals surface area (Å²) in [5.74, 6) is 2.88. The van der Waals surface area contributed by atoms with E-state index in [1.165, 1.54) is 24.3 Å². The van der Waals surface area contributed by atoms with Crippen LogP contribution < -0.4 is 10.9 Å². The first-order valence-electron chi connectivity index (χ1n) is 10.8. The van der Waals surface area contributed by atoms with Gasteiger partial charge in [0, 0.05) is 37.9 Å². The summed E-state index contributed by atoms with van der Waals surface area (Å²) in [5, 5.41) is 3.15. The Bertz CT molecular complexity index is 717. The fourth-order valence-corrected chi connectivity index (χ4v) is 5.31. The second kappa shape index (κ2) is 9.97. The lowest BCUT2D eigenvalue weighted by Crippen LogP contribution is -2.49. The topological polar surface area (TPSA) is 54.3 Å². The number of hydrogen-bond donors (Lipinski definition) is 1. The highest BCUT2D eigenvalue weighted by Gasteiger charge is 2.28. The molecular weight excluding hydrogens is 370 g/mol. The average Bonchev–Trinajstić information content (AvgIpc) is 2.68. The van der Waals surface area contributed by atoms with Crippen molar-refractivity contribution in [3.05, 3.63) is 33.7 Å². The van der Waals surface area contributed by atoms with E-state index in [2.05, 4.69) is 35.8 Å². The van der Waals surface area contributed by atoms with Crippen molar-refractivity contribution in [2.75, 3.05) is 24.6 Å². The fraction of sp³-hybridized carbons (Fsp3) is 0.727. The Balaban J connectivity index is 1.59. The zero-order chi connectivity index (χ0) is 20.1.